The summed E-state index contributed by atoms with van der Waals surface area (Å²) in [6.45, 7) is 6.69. The van der Waals surface area contributed by atoms with Gasteiger partial charge >= 0.3 is 0 Å². The normalized spacial score (nSPS) is 12.2. The first kappa shape index (κ1) is 11.8. The lowest BCUT2D eigenvalue weighted by Crippen LogP contribution is -2.18. The molecule has 0 radical (unpaired) electrons. The maximum atomic E-state index is 9.09. The van der Waals surface area contributed by atoms with Crippen molar-refractivity contribution in [2.24, 2.45) is 0 Å². The molecule has 1 rings (SSSR count). The molecule has 0 spiro atoms. The Hall–Kier alpha value is -1.28. The minimum absolute atomic E-state index is 0.0979. The van der Waals surface area contributed by atoms with Gasteiger partial charge in [0.2, 0.25) is 0 Å². The predicted molar refractivity (Wildman–Crippen MR) is 62.8 cm³/mol. The molecule has 0 fully saturated rings. The minimum atomic E-state index is -0.0979. The molecule has 0 saturated heterocycles. The smallest absolute Gasteiger partial charge is 0.115 e. The summed E-state index contributed by atoms with van der Waals surface area (Å²) in [5, 5.41) is 9.09. The van der Waals surface area contributed by atoms with Crippen LogP contribution in [0, 0.1) is 0 Å². The van der Waals surface area contributed by atoms with E-state index < -0.39 is 0 Å². The van der Waals surface area contributed by atoms with E-state index in [0.29, 0.717) is 6.61 Å². The molecule has 0 aliphatic heterocycles. The van der Waals surface area contributed by atoms with Gasteiger partial charge in [-0.1, -0.05) is 24.3 Å². The second-order valence-corrected chi connectivity index (χ2v) is 4.42. The average molecular weight is 206 g/mol. The van der Waals surface area contributed by atoms with Crippen LogP contribution in [0.2, 0.25) is 0 Å². The molecule has 0 aliphatic carbocycles. The van der Waals surface area contributed by atoms with Gasteiger partial charge in [-0.15, -0.1) is 0 Å². The standard InChI is InChI=1S/C13H18O2/c1-13(2,3)15-10-4-5-11-6-8-12(14)9-7-11/h4-9,14H,10H2,1-3H3/b5-4+. The van der Waals surface area contributed by atoms with E-state index in [4.69, 9.17) is 9.84 Å². The van der Waals surface area contributed by atoms with E-state index in [9.17, 15) is 0 Å². The summed E-state index contributed by atoms with van der Waals surface area (Å²) in [7, 11) is 0. The molecule has 0 aromatic heterocycles. The van der Waals surface area contributed by atoms with E-state index in [1.54, 1.807) is 12.1 Å². The summed E-state index contributed by atoms with van der Waals surface area (Å²) >= 11 is 0. The molecule has 0 atom stereocenters. The van der Waals surface area contributed by atoms with Crippen LogP contribution in [-0.2, 0) is 4.74 Å². The van der Waals surface area contributed by atoms with E-state index in [0.717, 1.165) is 5.56 Å². The van der Waals surface area contributed by atoms with Gasteiger partial charge in [-0.3, -0.25) is 0 Å². The van der Waals surface area contributed by atoms with E-state index in [2.05, 4.69) is 0 Å². The highest BCUT2D eigenvalue weighted by Crippen LogP contribution is 2.11. The van der Waals surface area contributed by atoms with Crippen molar-refractivity contribution in [1.29, 1.82) is 0 Å². The van der Waals surface area contributed by atoms with Crippen molar-refractivity contribution in [1.82, 2.24) is 0 Å². The second kappa shape index (κ2) is 4.99. The van der Waals surface area contributed by atoms with Crippen LogP contribution in [0.5, 0.6) is 5.75 Å². The summed E-state index contributed by atoms with van der Waals surface area (Å²) < 4.78 is 5.54. The number of phenols is 1. The van der Waals surface area contributed by atoms with Crippen molar-refractivity contribution in [3.8, 4) is 5.75 Å². The molecule has 1 N–H and O–H groups in total. The van der Waals surface area contributed by atoms with Gasteiger partial charge in [-0.05, 0) is 38.5 Å². The van der Waals surface area contributed by atoms with Crippen molar-refractivity contribution in [3.05, 3.63) is 35.9 Å². The summed E-state index contributed by atoms with van der Waals surface area (Å²) in [5.41, 5.74) is 0.963. The molecular formula is C13H18O2. The summed E-state index contributed by atoms with van der Waals surface area (Å²) in [4.78, 5) is 0. The maximum Gasteiger partial charge on any atom is 0.115 e. The molecule has 2 heteroatoms. The van der Waals surface area contributed by atoms with Crippen LogP contribution in [0.3, 0.4) is 0 Å². The molecule has 0 heterocycles. The number of phenolic OH excluding ortho intramolecular Hbond substituents is 1. The molecule has 0 unspecified atom stereocenters. The van der Waals surface area contributed by atoms with E-state index in [1.165, 1.54) is 0 Å². The Morgan fingerprint density at radius 2 is 1.80 bits per heavy atom. The van der Waals surface area contributed by atoms with Crippen LogP contribution in [0.4, 0.5) is 0 Å². The summed E-state index contributed by atoms with van der Waals surface area (Å²) in [5.74, 6) is 0.290. The third-order valence-electron chi connectivity index (χ3n) is 1.82. The lowest BCUT2D eigenvalue weighted by molar-refractivity contribution is 0.0152. The fourth-order valence-electron chi connectivity index (χ4n) is 1.07. The Kier molecular flexibility index (Phi) is 3.92. The summed E-state index contributed by atoms with van der Waals surface area (Å²) in [6, 6.07) is 7.07. The van der Waals surface area contributed by atoms with Crippen LogP contribution in [0.1, 0.15) is 26.3 Å². The van der Waals surface area contributed by atoms with Crippen LogP contribution in [-0.4, -0.2) is 17.3 Å². The lowest BCUT2D eigenvalue weighted by Gasteiger charge is -2.17. The van der Waals surface area contributed by atoms with Crippen LogP contribution in [0.25, 0.3) is 6.08 Å². The zero-order valence-electron chi connectivity index (χ0n) is 9.53. The van der Waals surface area contributed by atoms with Gasteiger partial charge in [-0.25, -0.2) is 0 Å². The van der Waals surface area contributed by atoms with Gasteiger partial charge in [0, 0.05) is 0 Å². The first-order chi connectivity index (χ1) is 6.97. The Balaban J connectivity index is 2.42. The quantitative estimate of drug-likeness (QED) is 0.822. The lowest BCUT2D eigenvalue weighted by atomic mass is 10.2. The van der Waals surface area contributed by atoms with Gasteiger partial charge in [0.05, 0.1) is 12.2 Å². The summed E-state index contributed by atoms with van der Waals surface area (Å²) in [6.07, 6.45) is 3.95. The Labute approximate surface area is 91.2 Å². The van der Waals surface area contributed by atoms with Gasteiger partial charge in [0.1, 0.15) is 5.75 Å². The largest absolute Gasteiger partial charge is 0.508 e. The third-order valence-corrected chi connectivity index (χ3v) is 1.82. The highest BCUT2D eigenvalue weighted by Gasteiger charge is 2.07. The highest BCUT2D eigenvalue weighted by atomic mass is 16.5. The Bertz CT molecular complexity index is 317. The Morgan fingerprint density at radius 1 is 1.20 bits per heavy atom. The Morgan fingerprint density at radius 3 is 2.33 bits per heavy atom. The molecule has 0 bridgehead atoms. The van der Waals surface area contributed by atoms with E-state index in [1.807, 2.05) is 45.1 Å². The molecule has 1 aromatic rings. The number of rotatable bonds is 3. The minimum Gasteiger partial charge on any atom is -0.508 e. The van der Waals surface area contributed by atoms with E-state index >= 15 is 0 Å². The first-order valence-electron chi connectivity index (χ1n) is 5.07. The van der Waals surface area contributed by atoms with Crippen LogP contribution < -0.4 is 0 Å². The third kappa shape index (κ3) is 5.23. The van der Waals surface area contributed by atoms with Crippen LogP contribution >= 0.6 is 0 Å². The fourth-order valence-corrected chi connectivity index (χ4v) is 1.07. The SMILES string of the molecule is CC(C)(C)OC/C=C/c1ccc(O)cc1. The fraction of sp³-hybridized carbons (Fsp3) is 0.385. The van der Waals surface area contributed by atoms with Crippen molar-refractivity contribution < 1.29 is 9.84 Å². The number of aromatic hydroxyl groups is 1. The zero-order valence-corrected chi connectivity index (χ0v) is 9.53. The molecule has 0 amide bonds. The van der Waals surface area contributed by atoms with Gasteiger partial charge in [0.25, 0.3) is 0 Å². The topological polar surface area (TPSA) is 29.5 Å². The van der Waals surface area contributed by atoms with Gasteiger partial charge < -0.3 is 9.84 Å². The molecule has 1 aromatic carbocycles. The zero-order chi connectivity index (χ0) is 11.3. The van der Waals surface area contributed by atoms with Crippen molar-refractivity contribution in [2.45, 2.75) is 26.4 Å². The number of hydrogen-bond donors (Lipinski definition) is 1. The van der Waals surface area contributed by atoms with Crippen molar-refractivity contribution >= 4 is 6.08 Å². The van der Waals surface area contributed by atoms with Crippen molar-refractivity contribution in [3.63, 3.8) is 0 Å². The molecule has 82 valence electrons. The molecule has 0 saturated carbocycles. The molecule has 0 aliphatic rings. The molecule has 15 heavy (non-hydrogen) atoms. The first-order valence-corrected chi connectivity index (χ1v) is 5.07. The highest BCUT2D eigenvalue weighted by molar-refractivity contribution is 5.50. The maximum absolute atomic E-state index is 9.09. The average Bonchev–Trinajstić information content (AvgIpc) is 2.14. The second-order valence-electron chi connectivity index (χ2n) is 4.42. The van der Waals surface area contributed by atoms with E-state index in [-0.39, 0.29) is 11.4 Å². The van der Waals surface area contributed by atoms with Crippen molar-refractivity contribution in [2.75, 3.05) is 6.61 Å². The predicted octanol–water partition coefficient (Wildman–Crippen LogP) is 3.22. The number of ether oxygens (including phenoxy) is 1. The van der Waals surface area contributed by atoms with Gasteiger partial charge in [-0.2, -0.15) is 0 Å². The molecule has 2 nitrogen and oxygen atoms in total. The monoisotopic (exact) mass is 206 g/mol. The number of benzene rings is 1. The van der Waals surface area contributed by atoms with Gasteiger partial charge in [0.15, 0.2) is 0 Å². The molecular weight excluding hydrogens is 188 g/mol. The van der Waals surface area contributed by atoms with Crippen LogP contribution in [0.15, 0.2) is 30.3 Å². The number of hydrogen-bond acceptors (Lipinski definition) is 2.